The number of rotatable bonds is 2. The van der Waals surface area contributed by atoms with Gasteiger partial charge < -0.3 is 15.0 Å². The predicted molar refractivity (Wildman–Crippen MR) is 83.2 cm³/mol. The van der Waals surface area contributed by atoms with E-state index in [-0.39, 0.29) is 5.60 Å². The molecule has 0 radical (unpaired) electrons. The Labute approximate surface area is 122 Å². The molecule has 0 aliphatic carbocycles. The number of nitrogens with zero attached hydrogens (tertiary/aromatic N) is 1. The van der Waals surface area contributed by atoms with Gasteiger partial charge in [0.05, 0.1) is 5.60 Å². The zero-order chi connectivity index (χ0) is 14.0. The molecule has 1 aromatic rings. The molecule has 2 aliphatic heterocycles. The van der Waals surface area contributed by atoms with Crippen LogP contribution < -0.4 is 10.2 Å². The lowest BCUT2D eigenvalue weighted by molar-refractivity contribution is -0.0742. The molecule has 1 aromatic carbocycles. The predicted octanol–water partition coefficient (Wildman–Crippen LogP) is 2.94. The molecule has 2 unspecified atom stereocenters. The minimum Gasteiger partial charge on any atom is -0.375 e. The molecule has 0 aromatic heterocycles. The summed E-state index contributed by atoms with van der Waals surface area (Å²) in [4.78, 5) is 2.62. The summed E-state index contributed by atoms with van der Waals surface area (Å²) in [5.41, 5.74) is 2.90. The fourth-order valence-electron chi connectivity index (χ4n) is 3.48. The molecule has 3 nitrogen and oxygen atoms in total. The maximum atomic E-state index is 6.01. The van der Waals surface area contributed by atoms with E-state index >= 15 is 0 Å². The Morgan fingerprint density at radius 1 is 1.40 bits per heavy atom. The van der Waals surface area contributed by atoms with E-state index in [2.05, 4.69) is 48.3 Å². The standard InChI is InChI=1S/C17H26N2O/c1-3-17(2)12-15(8-11-20-17)19-10-9-18-13-14-6-4-5-7-16(14)19/h4-7,15,18H,3,8-13H2,1-2H3. The summed E-state index contributed by atoms with van der Waals surface area (Å²) >= 11 is 0. The smallest absolute Gasteiger partial charge is 0.0671 e. The number of benzene rings is 1. The summed E-state index contributed by atoms with van der Waals surface area (Å²) in [7, 11) is 0. The van der Waals surface area contributed by atoms with Gasteiger partial charge in [0.25, 0.3) is 0 Å². The van der Waals surface area contributed by atoms with Crippen LogP contribution in [0.2, 0.25) is 0 Å². The number of hydrogen-bond donors (Lipinski definition) is 1. The average molecular weight is 274 g/mol. The van der Waals surface area contributed by atoms with Crippen molar-refractivity contribution in [3.05, 3.63) is 29.8 Å². The summed E-state index contributed by atoms with van der Waals surface area (Å²) in [5, 5.41) is 3.53. The zero-order valence-electron chi connectivity index (χ0n) is 12.7. The summed E-state index contributed by atoms with van der Waals surface area (Å²) in [6.07, 6.45) is 3.37. The van der Waals surface area contributed by atoms with Gasteiger partial charge in [0.2, 0.25) is 0 Å². The van der Waals surface area contributed by atoms with Gasteiger partial charge in [0, 0.05) is 38.0 Å². The van der Waals surface area contributed by atoms with Gasteiger partial charge in [-0.1, -0.05) is 25.1 Å². The van der Waals surface area contributed by atoms with E-state index in [1.54, 1.807) is 0 Å². The highest BCUT2D eigenvalue weighted by Gasteiger charge is 2.35. The molecular formula is C17H26N2O. The van der Waals surface area contributed by atoms with Gasteiger partial charge in [-0.15, -0.1) is 0 Å². The monoisotopic (exact) mass is 274 g/mol. The largest absolute Gasteiger partial charge is 0.375 e. The molecule has 0 amide bonds. The first-order valence-corrected chi connectivity index (χ1v) is 7.91. The fourth-order valence-corrected chi connectivity index (χ4v) is 3.48. The molecule has 3 heteroatoms. The third kappa shape index (κ3) is 2.70. The van der Waals surface area contributed by atoms with Crippen LogP contribution in [0.4, 0.5) is 5.69 Å². The number of para-hydroxylation sites is 1. The summed E-state index contributed by atoms with van der Waals surface area (Å²) in [6, 6.07) is 9.44. The molecule has 2 atom stereocenters. The van der Waals surface area contributed by atoms with Crippen molar-refractivity contribution in [3.63, 3.8) is 0 Å². The van der Waals surface area contributed by atoms with Crippen molar-refractivity contribution >= 4 is 5.69 Å². The van der Waals surface area contributed by atoms with E-state index in [4.69, 9.17) is 4.74 Å². The average Bonchev–Trinajstić information content (AvgIpc) is 2.70. The van der Waals surface area contributed by atoms with Crippen molar-refractivity contribution in [2.45, 2.75) is 51.3 Å². The number of anilines is 1. The van der Waals surface area contributed by atoms with Gasteiger partial charge in [-0.05, 0) is 37.8 Å². The Bertz CT molecular complexity index is 462. The van der Waals surface area contributed by atoms with Crippen LogP contribution in [0.5, 0.6) is 0 Å². The number of ether oxygens (including phenoxy) is 1. The Morgan fingerprint density at radius 3 is 3.10 bits per heavy atom. The fraction of sp³-hybridized carbons (Fsp3) is 0.647. The highest BCUT2D eigenvalue weighted by Crippen LogP contribution is 2.34. The van der Waals surface area contributed by atoms with Crippen LogP contribution in [0, 0.1) is 0 Å². The minimum absolute atomic E-state index is 0.0532. The van der Waals surface area contributed by atoms with Crippen molar-refractivity contribution in [1.29, 1.82) is 0 Å². The molecule has 0 spiro atoms. The maximum absolute atomic E-state index is 6.01. The lowest BCUT2D eigenvalue weighted by Crippen LogP contribution is -2.48. The summed E-state index contributed by atoms with van der Waals surface area (Å²) in [5.74, 6) is 0. The number of fused-ring (bicyclic) bond motifs is 1. The minimum atomic E-state index is 0.0532. The second-order valence-corrected chi connectivity index (χ2v) is 6.30. The van der Waals surface area contributed by atoms with E-state index in [9.17, 15) is 0 Å². The van der Waals surface area contributed by atoms with Gasteiger partial charge in [0.15, 0.2) is 0 Å². The van der Waals surface area contributed by atoms with Crippen molar-refractivity contribution < 1.29 is 4.74 Å². The molecule has 20 heavy (non-hydrogen) atoms. The van der Waals surface area contributed by atoms with Gasteiger partial charge in [-0.3, -0.25) is 0 Å². The number of hydrogen-bond acceptors (Lipinski definition) is 3. The molecule has 1 saturated heterocycles. The molecule has 1 N–H and O–H groups in total. The molecule has 0 saturated carbocycles. The SMILES string of the molecule is CCC1(C)CC(N2CCNCc3ccccc32)CCO1. The molecule has 3 rings (SSSR count). The van der Waals surface area contributed by atoms with Crippen molar-refractivity contribution in [2.24, 2.45) is 0 Å². The van der Waals surface area contributed by atoms with Crippen LogP contribution in [0.3, 0.4) is 0 Å². The zero-order valence-corrected chi connectivity index (χ0v) is 12.7. The summed E-state index contributed by atoms with van der Waals surface area (Å²) < 4.78 is 6.01. The van der Waals surface area contributed by atoms with E-state index in [1.165, 1.54) is 11.3 Å². The quantitative estimate of drug-likeness (QED) is 0.897. The van der Waals surface area contributed by atoms with Crippen molar-refractivity contribution in [2.75, 3.05) is 24.6 Å². The van der Waals surface area contributed by atoms with Crippen molar-refractivity contribution in [3.8, 4) is 0 Å². The molecule has 0 bridgehead atoms. The van der Waals surface area contributed by atoms with E-state index in [0.717, 1.165) is 45.5 Å². The number of nitrogens with one attached hydrogen (secondary N) is 1. The Morgan fingerprint density at radius 2 is 2.25 bits per heavy atom. The molecule has 2 heterocycles. The van der Waals surface area contributed by atoms with Crippen LogP contribution in [0.25, 0.3) is 0 Å². The topological polar surface area (TPSA) is 24.5 Å². The maximum Gasteiger partial charge on any atom is 0.0671 e. The first-order chi connectivity index (χ1) is 9.72. The third-order valence-electron chi connectivity index (χ3n) is 4.90. The first-order valence-electron chi connectivity index (χ1n) is 7.91. The lowest BCUT2D eigenvalue weighted by atomic mass is 9.88. The van der Waals surface area contributed by atoms with Crippen LogP contribution in [0.15, 0.2) is 24.3 Å². The Hall–Kier alpha value is -1.06. The second-order valence-electron chi connectivity index (χ2n) is 6.30. The molecule has 2 aliphatic rings. The lowest BCUT2D eigenvalue weighted by Gasteiger charge is -2.43. The van der Waals surface area contributed by atoms with Gasteiger partial charge in [0.1, 0.15) is 0 Å². The van der Waals surface area contributed by atoms with Gasteiger partial charge >= 0.3 is 0 Å². The third-order valence-corrected chi connectivity index (χ3v) is 4.90. The van der Waals surface area contributed by atoms with Gasteiger partial charge in [-0.25, -0.2) is 0 Å². The van der Waals surface area contributed by atoms with Crippen LogP contribution >= 0.6 is 0 Å². The van der Waals surface area contributed by atoms with E-state index in [1.807, 2.05) is 0 Å². The Balaban J connectivity index is 1.86. The second kappa shape index (κ2) is 5.74. The Kier molecular flexibility index (Phi) is 3.99. The van der Waals surface area contributed by atoms with Crippen molar-refractivity contribution in [1.82, 2.24) is 5.32 Å². The van der Waals surface area contributed by atoms with E-state index in [0.29, 0.717) is 6.04 Å². The highest BCUT2D eigenvalue weighted by molar-refractivity contribution is 5.55. The van der Waals surface area contributed by atoms with E-state index < -0.39 is 0 Å². The molecule has 110 valence electrons. The first kappa shape index (κ1) is 13.9. The highest BCUT2D eigenvalue weighted by atomic mass is 16.5. The normalized spacial score (nSPS) is 30.7. The molecular weight excluding hydrogens is 248 g/mol. The van der Waals surface area contributed by atoms with Crippen LogP contribution in [-0.2, 0) is 11.3 Å². The molecule has 1 fully saturated rings. The van der Waals surface area contributed by atoms with Crippen LogP contribution in [-0.4, -0.2) is 31.3 Å². The summed E-state index contributed by atoms with van der Waals surface area (Å²) in [6.45, 7) is 8.54. The van der Waals surface area contributed by atoms with Crippen LogP contribution in [0.1, 0.15) is 38.7 Å². The van der Waals surface area contributed by atoms with Gasteiger partial charge in [-0.2, -0.15) is 0 Å².